The van der Waals surface area contributed by atoms with Crippen LogP contribution >= 0.6 is 0 Å². The van der Waals surface area contributed by atoms with Crippen molar-refractivity contribution in [2.45, 2.75) is 37.4 Å². The van der Waals surface area contributed by atoms with Gasteiger partial charge in [-0.1, -0.05) is 0 Å². The number of aliphatic hydroxyl groups excluding tert-OH is 2. The van der Waals surface area contributed by atoms with E-state index in [-0.39, 0.29) is 6.54 Å². The Bertz CT molecular complexity index is 251. The summed E-state index contributed by atoms with van der Waals surface area (Å²) in [5.41, 5.74) is 5.40. The fourth-order valence-electron chi connectivity index (χ4n) is 1.77. The Morgan fingerprint density at radius 2 is 2.06 bits per heavy atom. The maximum absolute atomic E-state index is 11.1. The minimum atomic E-state index is -1.09. The van der Waals surface area contributed by atoms with Gasteiger partial charge in [0.15, 0.2) is 0 Å². The summed E-state index contributed by atoms with van der Waals surface area (Å²) in [6.07, 6.45) is -3.20. The lowest BCUT2D eigenvalue weighted by molar-refractivity contribution is -0.173. The number of carbonyl (C=O) groups excluding carboxylic acids is 1. The van der Waals surface area contributed by atoms with Crippen molar-refractivity contribution in [1.82, 2.24) is 10.6 Å². The number of ether oxygens (including phenoxy) is 1. The molecular formula is C9H19N3O4. The average Bonchev–Trinajstić information content (AvgIpc) is 2.28. The van der Waals surface area contributed by atoms with E-state index >= 15 is 0 Å². The van der Waals surface area contributed by atoms with E-state index in [1.165, 1.54) is 7.05 Å². The van der Waals surface area contributed by atoms with E-state index in [4.69, 9.17) is 10.5 Å². The minimum absolute atomic E-state index is 0.120. The first kappa shape index (κ1) is 13.2. The van der Waals surface area contributed by atoms with Crippen LogP contribution in [0.1, 0.15) is 6.92 Å². The maximum Gasteiger partial charge on any atom is 0.314 e. The van der Waals surface area contributed by atoms with E-state index in [0.717, 1.165) is 0 Å². The molecule has 0 radical (unpaired) electrons. The molecule has 0 aromatic heterocycles. The highest BCUT2D eigenvalue weighted by Gasteiger charge is 2.42. The number of amides is 2. The molecule has 1 heterocycles. The highest BCUT2D eigenvalue weighted by atomic mass is 16.5. The second-order valence-electron chi connectivity index (χ2n) is 3.85. The van der Waals surface area contributed by atoms with Crippen molar-refractivity contribution in [2.24, 2.45) is 5.73 Å². The Morgan fingerprint density at radius 1 is 1.44 bits per heavy atom. The van der Waals surface area contributed by atoms with Crippen LogP contribution in [0.15, 0.2) is 0 Å². The Balaban J connectivity index is 2.67. The van der Waals surface area contributed by atoms with Crippen LogP contribution in [0.2, 0.25) is 0 Å². The van der Waals surface area contributed by atoms with Crippen molar-refractivity contribution in [2.75, 3.05) is 13.6 Å². The topological polar surface area (TPSA) is 117 Å². The van der Waals surface area contributed by atoms with E-state index in [1.807, 2.05) is 0 Å². The van der Waals surface area contributed by atoms with Gasteiger partial charge >= 0.3 is 6.03 Å². The zero-order chi connectivity index (χ0) is 12.3. The lowest BCUT2D eigenvalue weighted by Crippen LogP contribution is -2.64. The van der Waals surface area contributed by atoms with Gasteiger partial charge in [0.25, 0.3) is 0 Å². The summed E-state index contributed by atoms with van der Waals surface area (Å²) >= 11 is 0. The molecule has 5 atom stereocenters. The lowest BCUT2D eigenvalue weighted by atomic mass is 9.93. The van der Waals surface area contributed by atoms with Gasteiger partial charge < -0.3 is 31.3 Å². The summed E-state index contributed by atoms with van der Waals surface area (Å²) in [6, 6.07) is -1.09. The maximum atomic E-state index is 11.1. The molecule has 1 rings (SSSR count). The Morgan fingerprint density at radius 3 is 2.56 bits per heavy atom. The third-order valence-corrected chi connectivity index (χ3v) is 2.75. The average molecular weight is 233 g/mol. The number of urea groups is 1. The lowest BCUT2D eigenvalue weighted by Gasteiger charge is -2.41. The highest BCUT2D eigenvalue weighted by Crippen LogP contribution is 2.20. The monoisotopic (exact) mass is 233 g/mol. The molecule has 2 amide bonds. The second-order valence-corrected chi connectivity index (χ2v) is 3.85. The smallest absolute Gasteiger partial charge is 0.314 e. The van der Waals surface area contributed by atoms with E-state index in [2.05, 4.69) is 10.6 Å². The molecule has 0 spiro atoms. The summed E-state index contributed by atoms with van der Waals surface area (Å²) in [4.78, 5) is 11.1. The molecule has 1 fully saturated rings. The van der Waals surface area contributed by atoms with Gasteiger partial charge in [0.05, 0.1) is 18.2 Å². The molecule has 0 aromatic rings. The van der Waals surface area contributed by atoms with Crippen LogP contribution in [0, 0.1) is 0 Å². The van der Waals surface area contributed by atoms with Crippen LogP contribution in [0.25, 0.3) is 0 Å². The summed E-state index contributed by atoms with van der Waals surface area (Å²) in [7, 11) is 1.47. The Kier molecular flexibility index (Phi) is 4.48. The molecule has 1 saturated heterocycles. The number of rotatable bonds is 2. The van der Waals surface area contributed by atoms with Gasteiger partial charge in [-0.15, -0.1) is 0 Å². The van der Waals surface area contributed by atoms with Gasteiger partial charge in [-0.05, 0) is 6.92 Å². The third-order valence-electron chi connectivity index (χ3n) is 2.75. The zero-order valence-electron chi connectivity index (χ0n) is 9.38. The van der Waals surface area contributed by atoms with Crippen LogP contribution in [0.5, 0.6) is 0 Å². The first-order chi connectivity index (χ1) is 7.51. The predicted molar refractivity (Wildman–Crippen MR) is 56.8 cm³/mol. The molecule has 94 valence electrons. The SMILES string of the molecule is CNC(=O)NC1C(C)OC(CN)C(O)C1O. The predicted octanol–water partition coefficient (Wildman–Crippen LogP) is -2.25. The Hall–Kier alpha value is -0.890. The molecule has 7 heteroatoms. The van der Waals surface area contributed by atoms with E-state index in [1.54, 1.807) is 6.92 Å². The van der Waals surface area contributed by atoms with Gasteiger partial charge in [0, 0.05) is 13.6 Å². The molecule has 0 saturated carbocycles. The molecule has 6 N–H and O–H groups in total. The van der Waals surface area contributed by atoms with Gasteiger partial charge in [0.2, 0.25) is 0 Å². The van der Waals surface area contributed by atoms with Crippen LogP contribution in [0.3, 0.4) is 0 Å². The highest BCUT2D eigenvalue weighted by molar-refractivity contribution is 5.74. The second kappa shape index (κ2) is 5.44. The van der Waals surface area contributed by atoms with Crippen molar-refractivity contribution in [3.8, 4) is 0 Å². The first-order valence-electron chi connectivity index (χ1n) is 5.21. The summed E-state index contributed by atoms with van der Waals surface area (Å²) < 4.78 is 5.40. The standard InChI is InChI=1S/C9H19N3O4/c1-4-6(12-9(15)11-2)8(14)7(13)5(3-10)16-4/h4-8,13-14H,3,10H2,1-2H3,(H2,11,12,15). The normalized spacial score (nSPS) is 39.2. The molecule has 0 bridgehead atoms. The third kappa shape index (κ3) is 2.62. The van der Waals surface area contributed by atoms with Crippen LogP contribution < -0.4 is 16.4 Å². The number of hydrogen-bond acceptors (Lipinski definition) is 5. The zero-order valence-corrected chi connectivity index (χ0v) is 9.38. The summed E-state index contributed by atoms with van der Waals surface area (Å²) in [5.74, 6) is 0. The van der Waals surface area contributed by atoms with Crippen molar-refractivity contribution >= 4 is 6.03 Å². The molecule has 16 heavy (non-hydrogen) atoms. The molecule has 0 aromatic carbocycles. The molecule has 1 aliphatic rings. The number of aliphatic hydroxyl groups is 2. The molecular weight excluding hydrogens is 214 g/mol. The van der Waals surface area contributed by atoms with E-state index < -0.39 is 36.5 Å². The quantitative estimate of drug-likeness (QED) is 0.369. The van der Waals surface area contributed by atoms with Gasteiger partial charge in [-0.25, -0.2) is 4.79 Å². The van der Waals surface area contributed by atoms with E-state index in [0.29, 0.717) is 0 Å². The van der Waals surface area contributed by atoms with Crippen LogP contribution in [-0.4, -0.2) is 60.3 Å². The minimum Gasteiger partial charge on any atom is -0.388 e. The van der Waals surface area contributed by atoms with E-state index in [9.17, 15) is 15.0 Å². The van der Waals surface area contributed by atoms with Crippen molar-refractivity contribution < 1.29 is 19.7 Å². The van der Waals surface area contributed by atoms with Gasteiger partial charge in [0.1, 0.15) is 12.2 Å². The number of nitrogens with two attached hydrogens (primary N) is 1. The number of hydrogen-bond donors (Lipinski definition) is 5. The summed E-state index contributed by atoms with van der Waals surface area (Å²) in [6.45, 7) is 1.83. The fraction of sp³-hybridized carbons (Fsp3) is 0.889. The largest absolute Gasteiger partial charge is 0.388 e. The van der Waals surface area contributed by atoms with Crippen molar-refractivity contribution in [1.29, 1.82) is 0 Å². The van der Waals surface area contributed by atoms with Gasteiger partial charge in [-0.2, -0.15) is 0 Å². The number of carbonyl (C=O) groups is 1. The Labute approximate surface area is 94.0 Å². The molecule has 7 nitrogen and oxygen atoms in total. The molecule has 1 aliphatic heterocycles. The summed E-state index contributed by atoms with van der Waals surface area (Å²) in [5, 5.41) is 24.4. The first-order valence-corrected chi connectivity index (χ1v) is 5.21. The van der Waals surface area contributed by atoms with Crippen molar-refractivity contribution in [3.05, 3.63) is 0 Å². The van der Waals surface area contributed by atoms with Crippen LogP contribution in [0.4, 0.5) is 4.79 Å². The van der Waals surface area contributed by atoms with Gasteiger partial charge in [-0.3, -0.25) is 0 Å². The molecule has 0 aliphatic carbocycles. The fourth-order valence-corrected chi connectivity index (χ4v) is 1.77. The van der Waals surface area contributed by atoms with Crippen molar-refractivity contribution in [3.63, 3.8) is 0 Å². The molecule has 5 unspecified atom stereocenters. The van der Waals surface area contributed by atoms with Crippen LogP contribution in [-0.2, 0) is 4.74 Å². The number of nitrogens with one attached hydrogen (secondary N) is 2.